The fraction of sp³-hybridized carbons (Fsp3) is 0.467. The molecule has 0 atom stereocenters. The smallest absolute Gasteiger partial charge is 0.132 e. The molecule has 2 rings (SSSR count). The van der Waals surface area contributed by atoms with E-state index in [9.17, 15) is 4.39 Å². The van der Waals surface area contributed by atoms with Crippen molar-refractivity contribution in [1.29, 1.82) is 0 Å². The van der Waals surface area contributed by atoms with Gasteiger partial charge in [0.25, 0.3) is 0 Å². The molecule has 0 saturated carbocycles. The topological polar surface area (TPSA) is 4.93 Å². The van der Waals surface area contributed by atoms with Gasteiger partial charge in [0.1, 0.15) is 5.82 Å². The Morgan fingerprint density at radius 2 is 1.65 bits per heavy atom. The molecular weight excluding hydrogens is 213 g/mol. The van der Waals surface area contributed by atoms with Crippen molar-refractivity contribution in [3.05, 3.63) is 35.3 Å². The predicted molar refractivity (Wildman–Crippen MR) is 73.1 cm³/mol. The molecular formula is C15H22FN. The van der Waals surface area contributed by atoms with Crippen molar-refractivity contribution in [2.24, 2.45) is 0 Å². The number of benzene rings is 1. The third kappa shape index (κ3) is 2.51. The molecule has 0 radical (unpaired) electrons. The maximum atomic E-state index is 13.7. The molecule has 2 heteroatoms. The average Bonchev–Trinajstić information content (AvgIpc) is 2.58. The number of fused-ring (bicyclic) bond motifs is 1. The maximum absolute atomic E-state index is 13.7. The lowest BCUT2D eigenvalue weighted by atomic mass is 10.1. The third-order valence-electron chi connectivity index (χ3n) is 2.76. The van der Waals surface area contributed by atoms with Crippen LogP contribution in [0.25, 0.3) is 10.9 Å². The second kappa shape index (κ2) is 5.35. The third-order valence-corrected chi connectivity index (χ3v) is 2.76. The van der Waals surface area contributed by atoms with Crippen LogP contribution in [0.5, 0.6) is 0 Å². The van der Waals surface area contributed by atoms with Crippen molar-refractivity contribution in [1.82, 2.24) is 4.57 Å². The van der Waals surface area contributed by atoms with Gasteiger partial charge in [-0.2, -0.15) is 0 Å². The minimum Gasteiger partial charge on any atom is -0.342 e. The highest BCUT2D eigenvalue weighted by Gasteiger charge is 2.11. The summed E-state index contributed by atoms with van der Waals surface area (Å²) in [5.41, 5.74) is 3.09. The van der Waals surface area contributed by atoms with Crippen molar-refractivity contribution in [2.75, 3.05) is 0 Å². The van der Waals surface area contributed by atoms with Gasteiger partial charge in [-0.1, -0.05) is 13.8 Å². The van der Waals surface area contributed by atoms with E-state index in [1.54, 1.807) is 6.07 Å². The van der Waals surface area contributed by atoms with Gasteiger partial charge in [-0.3, -0.25) is 0 Å². The van der Waals surface area contributed by atoms with Crippen LogP contribution in [0, 0.1) is 19.7 Å². The van der Waals surface area contributed by atoms with Crippen LogP contribution < -0.4 is 0 Å². The van der Waals surface area contributed by atoms with E-state index in [0.717, 1.165) is 22.2 Å². The van der Waals surface area contributed by atoms with Gasteiger partial charge in [0.2, 0.25) is 0 Å². The summed E-state index contributed by atoms with van der Waals surface area (Å²) >= 11 is 0. The molecule has 94 valence electrons. The van der Waals surface area contributed by atoms with E-state index < -0.39 is 0 Å². The molecule has 0 saturated heterocycles. The fourth-order valence-corrected chi connectivity index (χ4v) is 2.23. The van der Waals surface area contributed by atoms with E-state index in [1.165, 1.54) is 0 Å². The number of nitrogens with zero attached hydrogens (tertiary/aromatic N) is 1. The molecule has 0 spiro atoms. The molecule has 1 heterocycles. The Labute approximate surface area is 103 Å². The second-order valence-corrected chi connectivity index (χ2v) is 4.43. The number of aryl methyl sites for hydroxylation is 2. The van der Waals surface area contributed by atoms with Gasteiger partial charge < -0.3 is 4.57 Å². The van der Waals surface area contributed by atoms with Crippen LogP contribution in [0.3, 0.4) is 0 Å². The molecule has 0 bridgehead atoms. The van der Waals surface area contributed by atoms with E-state index in [4.69, 9.17) is 0 Å². The molecule has 0 amide bonds. The van der Waals surface area contributed by atoms with Gasteiger partial charge in [-0.05, 0) is 51.5 Å². The Hall–Kier alpha value is -1.31. The molecule has 0 aliphatic rings. The van der Waals surface area contributed by atoms with E-state index >= 15 is 0 Å². The van der Waals surface area contributed by atoms with Gasteiger partial charge in [-0.25, -0.2) is 4.39 Å². The van der Waals surface area contributed by atoms with E-state index in [2.05, 4.69) is 18.4 Å². The molecule has 0 fully saturated rings. The van der Waals surface area contributed by atoms with Gasteiger partial charge in [-0.15, -0.1) is 0 Å². The first-order valence-electron chi connectivity index (χ1n) is 6.28. The Morgan fingerprint density at radius 3 is 2.18 bits per heavy atom. The highest BCUT2D eigenvalue weighted by atomic mass is 19.1. The molecule has 1 aromatic carbocycles. The molecule has 0 aliphatic carbocycles. The molecule has 0 aliphatic heterocycles. The summed E-state index contributed by atoms with van der Waals surface area (Å²) in [6.45, 7) is 12.2. The fourth-order valence-electron chi connectivity index (χ4n) is 2.23. The Bertz CT molecular complexity index is 509. The summed E-state index contributed by atoms with van der Waals surface area (Å²) in [6, 6.07) is 5.92. The lowest BCUT2D eigenvalue weighted by molar-refractivity contribution is 0.606. The van der Waals surface area contributed by atoms with Crippen molar-refractivity contribution >= 4 is 10.9 Å². The number of halogens is 1. The van der Waals surface area contributed by atoms with Gasteiger partial charge in [0, 0.05) is 17.1 Å². The number of rotatable bonds is 1. The largest absolute Gasteiger partial charge is 0.342 e. The quantitative estimate of drug-likeness (QED) is 0.655. The summed E-state index contributed by atoms with van der Waals surface area (Å²) in [5, 5.41) is 0.729. The Balaban J connectivity index is 0.000000686. The van der Waals surface area contributed by atoms with Crippen molar-refractivity contribution in [3.8, 4) is 0 Å². The minimum absolute atomic E-state index is 0.118. The summed E-state index contributed by atoms with van der Waals surface area (Å²) in [4.78, 5) is 0. The van der Waals surface area contributed by atoms with E-state index in [0.29, 0.717) is 6.04 Å². The summed E-state index contributed by atoms with van der Waals surface area (Å²) in [6.07, 6.45) is 0. The molecule has 0 unspecified atom stereocenters. The number of aromatic nitrogens is 1. The first kappa shape index (κ1) is 13.8. The molecule has 17 heavy (non-hydrogen) atoms. The molecule has 1 aromatic heterocycles. The monoisotopic (exact) mass is 235 g/mol. The van der Waals surface area contributed by atoms with Crippen molar-refractivity contribution in [3.63, 3.8) is 0 Å². The normalized spacial score (nSPS) is 10.6. The number of hydrogen-bond donors (Lipinski definition) is 0. The van der Waals surface area contributed by atoms with E-state index in [1.807, 2.05) is 39.8 Å². The zero-order valence-electron chi connectivity index (χ0n) is 11.6. The van der Waals surface area contributed by atoms with Crippen LogP contribution in [-0.4, -0.2) is 4.57 Å². The summed E-state index contributed by atoms with van der Waals surface area (Å²) in [7, 11) is 0. The molecule has 0 N–H and O–H groups in total. The first-order valence-corrected chi connectivity index (χ1v) is 6.28. The summed E-state index contributed by atoms with van der Waals surface area (Å²) in [5.74, 6) is -0.118. The van der Waals surface area contributed by atoms with Crippen LogP contribution in [0.1, 0.15) is 45.0 Å². The van der Waals surface area contributed by atoms with Crippen LogP contribution in [0.4, 0.5) is 4.39 Å². The maximum Gasteiger partial charge on any atom is 0.132 e. The standard InChI is InChI=1S/C13H16FN.C2H6/c1-8(2)15-10(4)7-11-12(14)5-9(3)6-13(11)15;1-2/h5-8H,1-4H3;1-2H3. The first-order chi connectivity index (χ1) is 8.00. The predicted octanol–water partition coefficient (Wildman–Crippen LogP) is 5.00. The zero-order chi connectivity index (χ0) is 13.2. The Kier molecular flexibility index (Phi) is 4.33. The van der Waals surface area contributed by atoms with Gasteiger partial charge in [0.15, 0.2) is 0 Å². The SMILES string of the molecule is CC.Cc1cc(F)c2cc(C)n(C(C)C)c2c1. The zero-order valence-corrected chi connectivity index (χ0v) is 11.6. The molecule has 1 nitrogen and oxygen atoms in total. The van der Waals surface area contributed by atoms with E-state index in [-0.39, 0.29) is 5.82 Å². The van der Waals surface area contributed by atoms with Crippen LogP contribution in [0.2, 0.25) is 0 Å². The minimum atomic E-state index is -0.118. The van der Waals surface area contributed by atoms with Gasteiger partial charge in [0.05, 0.1) is 5.52 Å². The Morgan fingerprint density at radius 1 is 1.06 bits per heavy atom. The van der Waals surface area contributed by atoms with Crippen LogP contribution in [-0.2, 0) is 0 Å². The highest BCUT2D eigenvalue weighted by molar-refractivity contribution is 5.82. The second-order valence-electron chi connectivity index (χ2n) is 4.43. The molecule has 2 aromatic rings. The van der Waals surface area contributed by atoms with Crippen LogP contribution >= 0.6 is 0 Å². The average molecular weight is 235 g/mol. The van der Waals surface area contributed by atoms with Gasteiger partial charge >= 0.3 is 0 Å². The van der Waals surface area contributed by atoms with Crippen molar-refractivity contribution in [2.45, 2.75) is 47.6 Å². The summed E-state index contributed by atoms with van der Waals surface area (Å²) < 4.78 is 15.9. The lowest BCUT2D eigenvalue weighted by Crippen LogP contribution is -2.02. The number of hydrogen-bond acceptors (Lipinski definition) is 0. The van der Waals surface area contributed by atoms with Crippen molar-refractivity contribution < 1.29 is 4.39 Å². The van der Waals surface area contributed by atoms with Crippen LogP contribution in [0.15, 0.2) is 18.2 Å². The highest BCUT2D eigenvalue weighted by Crippen LogP contribution is 2.26. The lowest BCUT2D eigenvalue weighted by Gasteiger charge is -2.12.